The van der Waals surface area contributed by atoms with Crippen molar-refractivity contribution in [2.24, 2.45) is 0 Å². The molecule has 0 saturated heterocycles. The first-order chi connectivity index (χ1) is 7.52. The summed E-state index contributed by atoms with van der Waals surface area (Å²) in [5.74, 6) is 1.54. The van der Waals surface area contributed by atoms with Gasteiger partial charge in [0.15, 0.2) is 5.65 Å². The number of nitrogens with two attached hydrogens (primary N) is 1. The highest BCUT2D eigenvalue weighted by Gasteiger charge is 2.17. The number of fused-ring (bicyclic) bond motifs is 1. The highest BCUT2D eigenvalue weighted by molar-refractivity contribution is 5.71. The first kappa shape index (κ1) is 10.6. The molecule has 0 spiro atoms. The Morgan fingerprint density at radius 1 is 1.44 bits per heavy atom. The van der Waals surface area contributed by atoms with Crippen LogP contribution in [-0.4, -0.2) is 19.4 Å². The van der Waals surface area contributed by atoms with Gasteiger partial charge < -0.3 is 5.73 Å². The van der Waals surface area contributed by atoms with Gasteiger partial charge in [-0.15, -0.1) is 0 Å². The Hall–Kier alpha value is -1.91. The molecule has 0 aromatic carbocycles. The molecule has 0 saturated carbocycles. The Morgan fingerprint density at radius 2 is 2.12 bits per heavy atom. The lowest BCUT2D eigenvalue weighted by Gasteiger charge is -2.04. The summed E-state index contributed by atoms with van der Waals surface area (Å²) in [6.45, 7) is 9.93. The highest BCUT2D eigenvalue weighted by atomic mass is 15.2. The standard InChI is InChI=1S/C11H15N5/c1-6(2)8-10-13-5-14-11(12)16(10)9(15-8)7(3)4/h5,7H,1H2,2-4H3,(H2,12,13,14). The van der Waals surface area contributed by atoms with Crippen LogP contribution in [-0.2, 0) is 0 Å². The third-order valence-electron chi connectivity index (χ3n) is 2.40. The highest BCUT2D eigenvalue weighted by Crippen LogP contribution is 2.23. The average molecular weight is 217 g/mol. The zero-order valence-corrected chi connectivity index (χ0v) is 9.73. The van der Waals surface area contributed by atoms with Gasteiger partial charge >= 0.3 is 0 Å². The second-order valence-electron chi connectivity index (χ2n) is 4.14. The SMILES string of the molecule is C=C(C)c1nc(C(C)C)n2c(N)ncnc12. The van der Waals surface area contributed by atoms with E-state index in [0.717, 1.165) is 22.7 Å². The minimum atomic E-state index is 0.258. The first-order valence-electron chi connectivity index (χ1n) is 5.17. The molecule has 0 bridgehead atoms. The molecular formula is C11H15N5. The molecule has 2 rings (SSSR count). The second kappa shape index (κ2) is 3.59. The molecule has 0 amide bonds. The molecule has 0 aliphatic rings. The van der Waals surface area contributed by atoms with E-state index in [1.54, 1.807) is 4.40 Å². The summed E-state index contributed by atoms with van der Waals surface area (Å²) >= 11 is 0. The van der Waals surface area contributed by atoms with Crippen LogP contribution < -0.4 is 5.73 Å². The Morgan fingerprint density at radius 3 is 2.69 bits per heavy atom. The van der Waals surface area contributed by atoms with Crippen molar-refractivity contribution in [1.82, 2.24) is 19.4 Å². The van der Waals surface area contributed by atoms with Gasteiger partial charge in [-0.3, -0.25) is 0 Å². The molecule has 16 heavy (non-hydrogen) atoms. The maximum Gasteiger partial charge on any atom is 0.208 e. The van der Waals surface area contributed by atoms with Gasteiger partial charge in [-0.05, 0) is 12.5 Å². The van der Waals surface area contributed by atoms with Crippen molar-refractivity contribution in [1.29, 1.82) is 0 Å². The van der Waals surface area contributed by atoms with Gasteiger partial charge in [0.05, 0.1) is 0 Å². The summed E-state index contributed by atoms with van der Waals surface area (Å²) in [6.07, 6.45) is 1.45. The van der Waals surface area contributed by atoms with Crippen molar-refractivity contribution in [3.05, 3.63) is 24.4 Å². The number of nitrogens with zero attached hydrogens (tertiary/aromatic N) is 4. The predicted molar refractivity (Wildman–Crippen MR) is 64.0 cm³/mol. The van der Waals surface area contributed by atoms with Crippen LogP contribution in [0, 0.1) is 0 Å². The average Bonchev–Trinajstić information content (AvgIpc) is 2.58. The van der Waals surface area contributed by atoms with Crippen LogP contribution in [0.2, 0.25) is 0 Å². The fourth-order valence-corrected chi connectivity index (χ4v) is 1.65. The van der Waals surface area contributed by atoms with Crippen molar-refractivity contribution < 1.29 is 0 Å². The first-order valence-corrected chi connectivity index (χ1v) is 5.17. The second-order valence-corrected chi connectivity index (χ2v) is 4.14. The number of hydrogen-bond acceptors (Lipinski definition) is 4. The van der Waals surface area contributed by atoms with Crippen LogP contribution in [0.1, 0.15) is 38.2 Å². The van der Waals surface area contributed by atoms with Crippen molar-refractivity contribution >= 4 is 17.2 Å². The minimum absolute atomic E-state index is 0.258. The van der Waals surface area contributed by atoms with Crippen molar-refractivity contribution in [2.45, 2.75) is 26.7 Å². The van der Waals surface area contributed by atoms with Gasteiger partial charge in [0.25, 0.3) is 0 Å². The van der Waals surface area contributed by atoms with E-state index in [2.05, 4.69) is 35.4 Å². The minimum Gasteiger partial charge on any atom is -0.369 e. The van der Waals surface area contributed by atoms with Crippen molar-refractivity contribution in [3.63, 3.8) is 0 Å². The number of hydrogen-bond donors (Lipinski definition) is 1. The van der Waals surface area contributed by atoms with E-state index >= 15 is 0 Å². The largest absolute Gasteiger partial charge is 0.369 e. The summed E-state index contributed by atoms with van der Waals surface area (Å²) in [4.78, 5) is 12.7. The molecule has 2 aromatic rings. The lowest BCUT2D eigenvalue weighted by Crippen LogP contribution is -2.05. The topological polar surface area (TPSA) is 69.1 Å². The van der Waals surface area contributed by atoms with Gasteiger partial charge in [0.2, 0.25) is 5.95 Å². The van der Waals surface area contributed by atoms with Gasteiger partial charge in [0, 0.05) is 5.92 Å². The van der Waals surface area contributed by atoms with Crippen molar-refractivity contribution in [3.8, 4) is 0 Å². The quantitative estimate of drug-likeness (QED) is 0.833. The molecule has 0 aliphatic carbocycles. The molecule has 84 valence electrons. The van der Waals surface area contributed by atoms with E-state index in [1.165, 1.54) is 6.33 Å². The van der Waals surface area contributed by atoms with Crippen LogP contribution in [0.15, 0.2) is 12.9 Å². The number of anilines is 1. The predicted octanol–water partition coefficient (Wildman–Crippen LogP) is 1.86. The molecule has 5 heteroatoms. The summed E-state index contributed by atoms with van der Waals surface area (Å²) in [6, 6.07) is 0. The zero-order chi connectivity index (χ0) is 11.9. The van der Waals surface area contributed by atoms with E-state index in [0.29, 0.717) is 5.95 Å². The molecule has 0 aliphatic heterocycles. The number of nitrogen functional groups attached to an aromatic ring is 1. The fourth-order valence-electron chi connectivity index (χ4n) is 1.65. The molecule has 2 N–H and O–H groups in total. The Kier molecular flexibility index (Phi) is 2.38. The van der Waals surface area contributed by atoms with Gasteiger partial charge in [-0.25, -0.2) is 19.4 Å². The van der Waals surface area contributed by atoms with E-state index in [4.69, 9.17) is 5.73 Å². The normalized spacial score (nSPS) is 11.2. The molecule has 0 atom stereocenters. The van der Waals surface area contributed by atoms with Crippen LogP contribution in [0.3, 0.4) is 0 Å². The number of rotatable bonds is 2. The molecule has 2 heterocycles. The van der Waals surface area contributed by atoms with Crippen LogP contribution in [0.25, 0.3) is 11.2 Å². The van der Waals surface area contributed by atoms with Crippen molar-refractivity contribution in [2.75, 3.05) is 5.73 Å². The maximum absolute atomic E-state index is 5.85. The lowest BCUT2D eigenvalue weighted by molar-refractivity contribution is 0.764. The molecule has 0 unspecified atom stereocenters. The number of aromatic nitrogens is 4. The van der Waals surface area contributed by atoms with Crippen LogP contribution >= 0.6 is 0 Å². The maximum atomic E-state index is 5.85. The molecule has 5 nitrogen and oxygen atoms in total. The zero-order valence-electron chi connectivity index (χ0n) is 9.73. The third kappa shape index (κ3) is 1.44. The van der Waals surface area contributed by atoms with Crippen LogP contribution in [0.5, 0.6) is 0 Å². The molecule has 0 fully saturated rings. The van der Waals surface area contributed by atoms with E-state index in [9.17, 15) is 0 Å². The van der Waals surface area contributed by atoms with Gasteiger partial charge in [-0.1, -0.05) is 20.4 Å². The smallest absolute Gasteiger partial charge is 0.208 e. The Balaban J connectivity index is 2.87. The van der Waals surface area contributed by atoms with Crippen LogP contribution in [0.4, 0.5) is 5.95 Å². The van der Waals surface area contributed by atoms with E-state index in [-0.39, 0.29) is 5.92 Å². The summed E-state index contributed by atoms with van der Waals surface area (Å²) in [5, 5.41) is 0. The fraction of sp³-hybridized carbons (Fsp3) is 0.364. The Bertz CT molecular complexity index is 553. The summed E-state index contributed by atoms with van der Waals surface area (Å²) in [7, 11) is 0. The number of imidazole rings is 1. The van der Waals surface area contributed by atoms with E-state index in [1.807, 2.05) is 6.92 Å². The van der Waals surface area contributed by atoms with Gasteiger partial charge in [-0.2, -0.15) is 0 Å². The number of allylic oxidation sites excluding steroid dienone is 1. The van der Waals surface area contributed by atoms with E-state index < -0.39 is 0 Å². The molecular weight excluding hydrogens is 202 g/mol. The summed E-state index contributed by atoms with van der Waals surface area (Å²) in [5.41, 5.74) is 8.24. The lowest BCUT2D eigenvalue weighted by atomic mass is 10.2. The monoisotopic (exact) mass is 217 g/mol. The molecule has 0 radical (unpaired) electrons. The Labute approximate surface area is 94.0 Å². The van der Waals surface area contributed by atoms with Gasteiger partial charge in [0.1, 0.15) is 17.8 Å². The summed E-state index contributed by atoms with van der Waals surface area (Å²) < 4.78 is 1.79. The molecule has 2 aromatic heterocycles. The third-order valence-corrected chi connectivity index (χ3v) is 2.40.